The fourth-order valence-electron chi connectivity index (χ4n) is 2.65. The van der Waals surface area contributed by atoms with E-state index in [4.69, 9.17) is 9.47 Å². The minimum absolute atomic E-state index is 0.137. The number of aromatic nitrogens is 4. The molecular weight excluding hydrogens is 361 g/mol. The number of ether oxygens (including phenoxy) is 2. The monoisotopic (exact) mass is 387 g/mol. The van der Waals surface area contributed by atoms with Crippen molar-refractivity contribution in [1.82, 2.24) is 19.5 Å². The second-order valence-electron chi connectivity index (χ2n) is 6.72. The summed E-state index contributed by atoms with van der Waals surface area (Å²) in [7, 11) is 0. The number of fused-ring (bicyclic) bond motifs is 1. The number of imidazole rings is 1. The van der Waals surface area contributed by atoms with Crippen LogP contribution >= 0.6 is 0 Å². The Morgan fingerprint density at radius 3 is 2.64 bits per heavy atom. The highest BCUT2D eigenvalue weighted by Crippen LogP contribution is 2.25. The number of rotatable bonds is 10. The number of nitrogens with one attached hydrogen (secondary N) is 1. The lowest BCUT2D eigenvalue weighted by molar-refractivity contribution is 0.0546. The highest BCUT2D eigenvalue weighted by Gasteiger charge is 2.15. The molecule has 0 amide bonds. The molecule has 3 rings (SSSR count). The number of hydrogen-bond acceptors (Lipinski definition) is 6. The van der Waals surface area contributed by atoms with Crippen LogP contribution in [0.5, 0.6) is 5.88 Å². The maximum absolute atomic E-state index is 13.2. The van der Waals surface area contributed by atoms with Gasteiger partial charge in [-0.15, -0.1) is 0 Å². The third-order valence-electron chi connectivity index (χ3n) is 4.06. The van der Waals surface area contributed by atoms with Gasteiger partial charge in [0.15, 0.2) is 11.2 Å². The molecule has 0 aliphatic carbocycles. The summed E-state index contributed by atoms with van der Waals surface area (Å²) in [6.07, 6.45) is 3.99. The van der Waals surface area contributed by atoms with Gasteiger partial charge in [-0.2, -0.15) is 9.97 Å². The fraction of sp³-hybridized carbons (Fsp3) is 0.450. The van der Waals surface area contributed by atoms with Crippen LogP contribution in [0, 0.1) is 5.82 Å². The highest BCUT2D eigenvalue weighted by molar-refractivity contribution is 5.78. The zero-order valence-electron chi connectivity index (χ0n) is 16.5. The molecule has 0 fully saturated rings. The first-order valence-corrected chi connectivity index (χ1v) is 9.56. The normalized spacial score (nSPS) is 11.3. The van der Waals surface area contributed by atoms with Crippen LogP contribution in [0.25, 0.3) is 11.2 Å². The standard InChI is InChI=1S/C20H26FN5O2/c1-4-5-10-26-13-22-17-18(26)24-20(23-16-8-6-15(21)7-9-16)25-19(17)28-12-11-27-14(2)3/h6-9,13-14H,4-5,10-12H2,1-3H3,(H,23,24,25). The molecule has 28 heavy (non-hydrogen) atoms. The third-order valence-corrected chi connectivity index (χ3v) is 4.06. The van der Waals surface area contributed by atoms with E-state index >= 15 is 0 Å². The number of unbranched alkanes of at least 4 members (excludes halogenated alkanes) is 1. The van der Waals surface area contributed by atoms with Crippen molar-refractivity contribution in [2.24, 2.45) is 0 Å². The molecule has 1 aromatic carbocycles. The molecule has 2 aromatic heterocycles. The van der Waals surface area contributed by atoms with Crippen molar-refractivity contribution in [2.75, 3.05) is 18.5 Å². The zero-order chi connectivity index (χ0) is 19.9. The van der Waals surface area contributed by atoms with Crippen molar-refractivity contribution in [3.63, 3.8) is 0 Å². The second kappa shape index (κ2) is 9.45. The van der Waals surface area contributed by atoms with Crippen LogP contribution in [-0.2, 0) is 11.3 Å². The van der Waals surface area contributed by atoms with Gasteiger partial charge in [-0.3, -0.25) is 0 Å². The molecule has 150 valence electrons. The molecule has 3 aromatic rings. The van der Waals surface area contributed by atoms with Crippen LogP contribution < -0.4 is 10.1 Å². The molecule has 0 radical (unpaired) electrons. The lowest BCUT2D eigenvalue weighted by Gasteiger charge is -2.11. The van der Waals surface area contributed by atoms with Crippen LogP contribution in [0.15, 0.2) is 30.6 Å². The molecule has 0 bridgehead atoms. The van der Waals surface area contributed by atoms with Gasteiger partial charge in [-0.1, -0.05) is 13.3 Å². The van der Waals surface area contributed by atoms with Gasteiger partial charge in [0.1, 0.15) is 12.4 Å². The van der Waals surface area contributed by atoms with Gasteiger partial charge in [0.25, 0.3) is 0 Å². The molecule has 0 unspecified atom stereocenters. The van der Waals surface area contributed by atoms with E-state index in [1.807, 2.05) is 18.4 Å². The minimum atomic E-state index is -0.297. The maximum Gasteiger partial charge on any atom is 0.247 e. The largest absolute Gasteiger partial charge is 0.474 e. The molecule has 0 atom stereocenters. The molecule has 1 N–H and O–H groups in total. The predicted octanol–water partition coefficient (Wildman–Crippen LogP) is 4.31. The summed E-state index contributed by atoms with van der Waals surface area (Å²) < 4.78 is 26.5. The summed E-state index contributed by atoms with van der Waals surface area (Å²) in [6.45, 7) is 7.73. The summed E-state index contributed by atoms with van der Waals surface area (Å²) in [5, 5.41) is 3.10. The summed E-state index contributed by atoms with van der Waals surface area (Å²) in [5.41, 5.74) is 2.01. The Hall–Kier alpha value is -2.74. The SMILES string of the molecule is CCCCn1cnc2c(OCCOC(C)C)nc(Nc3ccc(F)cc3)nc21. The van der Waals surface area contributed by atoms with Crippen LogP contribution in [0.3, 0.4) is 0 Å². The summed E-state index contributed by atoms with van der Waals surface area (Å²) in [5.74, 6) is 0.475. The zero-order valence-corrected chi connectivity index (χ0v) is 16.5. The van der Waals surface area contributed by atoms with Gasteiger partial charge in [-0.25, -0.2) is 9.37 Å². The number of nitrogens with zero attached hydrogens (tertiary/aromatic N) is 4. The van der Waals surface area contributed by atoms with Crippen molar-refractivity contribution in [3.8, 4) is 5.88 Å². The molecule has 0 aliphatic rings. The lowest BCUT2D eigenvalue weighted by atomic mass is 10.3. The first-order valence-electron chi connectivity index (χ1n) is 9.56. The Balaban J connectivity index is 1.87. The minimum Gasteiger partial charge on any atom is -0.474 e. The van der Waals surface area contributed by atoms with E-state index < -0.39 is 0 Å². The second-order valence-corrected chi connectivity index (χ2v) is 6.72. The number of aryl methyl sites for hydroxylation is 1. The van der Waals surface area contributed by atoms with Crippen LogP contribution in [0.2, 0.25) is 0 Å². The van der Waals surface area contributed by atoms with Gasteiger partial charge >= 0.3 is 0 Å². The van der Waals surface area contributed by atoms with E-state index in [-0.39, 0.29) is 11.9 Å². The van der Waals surface area contributed by atoms with Crippen molar-refractivity contribution in [2.45, 2.75) is 46.3 Å². The Morgan fingerprint density at radius 2 is 1.93 bits per heavy atom. The van der Waals surface area contributed by atoms with Gasteiger partial charge in [0, 0.05) is 12.2 Å². The number of benzene rings is 1. The number of anilines is 2. The van der Waals surface area contributed by atoms with Gasteiger partial charge < -0.3 is 19.4 Å². The Bertz CT molecular complexity index is 895. The van der Waals surface area contributed by atoms with E-state index in [0.29, 0.717) is 41.9 Å². The molecule has 7 nitrogen and oxygen atoms in total. The van der Waals surface area contributed by atoms with Crippen molar-refractivity contribution < 1.29 is 13.9 Å². The number of halogens is 1. The Morgan fingerprint density at radius 1 is 1.14 bits per heavy atom. The smallest absolute Gasteiger partial charge is 0.247 e. The Kier molecular flexibility index (Phi) is 6.76. The highest BCUT2D eigenvalue weighted by atomic mass is 19.1. The first kappa shape index (κ1) is 20.0. The van der Waals surface area contributed by atoms with Crippen LogP contribution in [-0.4, -0.2) is 38.8 Å². The molecule has 2 heterocycles. The van der Waals surface area contributed by atoms with E-state index in [1.165, 1.54) is 12.1 Å². The summed E-state index contributed by atoms with van der Waals surface area (Å²) >= 11 is 0. The average molecular weight is 387 g/mol. The van der Waals surface area contributed by atoms with Gasteiger partial charge in [-0.05, 0) is 44.5 Å². The van der Waals surface area contributed by atoms with Gasteiger partial charge in [0.2, 0.25) is 11.8 Å². The fourth-order valence-corrected chi connectivity index (χ4v) is 2.65. The summed E-state index contributed by atoms with van der Waals surface area (Å²) in [6, 6.07) is 6.03. The van der Waals surface area contributed by atoms with E-state index in [9.17, 15) is 4.39 Å². The molecule has 0 saturated carbocycles. The van der Waals surface area contributed by atoms with Crippen molar-refractivity contribution in [3.05, 3.63) is 36.4 Å². The molecule has 0 spiro atoms. The van der Waals surface area contributed by atoms with Crippen LogP contribution in [0.4, 0.5) is 16.0 Å². The first-order chi connectivity index (χ1) is 13.6. The van der Waals surface area contributed by atoms with Crippen LogP contribution in [0.1, 0.15) is 33.6 Å². The lowest BCUT2D eigenvalue weighted by Crippen LogP contribution is -2.12. The summed E-state index contributed by atoms with van der Waals surface area (Å²) in [4.78, 5) is 13.5. The molecular formula is C20H26FN5O2. The topological polar surface area (TPSA) is 74.1 Å². The van der Waals surface area contributed by atoms with Crippen molar-refractivity contribution >= 4 is 22.8 Å². The molecule has 8 heteroatoms. The predicted molar refractivity (Wildman–Crippen MR) is 106 cm³/mol. The van der Waals surface area contributed by atoms with Gasteiger partial charge in [0.05, 0.1) is 19.0 Å². The van der Waals surface area contributed by atoms with E-state index in [0.717, 1.165) is 19.4 Å². The van der Waals surface area contributed by atoms with Crippen molar-refractivity contribution in [1.29, 1.82) is 0 Å². The molecule has 0 saturated heterocycles. The maximum atomic E-state index is 13.2. The number of hydrogen-bond donors (Lipinski definition) is 1. The van der Waals surface area contributed by atoms with E-state index in [2.05, 4.69) is 27.2 Å². The molecule has 0 aliphatic heterocycles. The third kappa shape index (κ3) is 5.16. The average Bonchev–Trinajstić information content (AvgIpc) is 3.08. The van der Waals surface area contributed by atoms with E-state index in [1.54, 1.807) is 18.5 Å². The Labute approximate surface area is 163 Å². The quantitative estimate of drug-likeness (QED) is 0.523.